The van der Waals surface area contributed by atoms with Crippen molar-refractivity contribution < 1.29 is 26.8 Å². The highest BCUT2D eigenvalue weighted by molar-refractivity contribution is 7.90. The highest BCUT2D eigenvalue weighted by Gasteiger charge is 2.56. The molecule has 0 aromatic heterocycles. The number of ketones is 1. The predicted molar refractivity (Wildman–Crippen MR) is 105 cm³/mol. The lowest BCUT2D eigenvalue weighted by Crippen LogP contribution is -2.47. The molecule has 0 aliphatic heterocycles. The molecular formula is C18H17ClNO6PS. The number of sulfonamides is 1. The number of benzene rings is 2. The second-order valence-electron chi connectivity index (χ2n) is 5.91. The van der Waals surface area contributed by atoms with Crippen molar-refractivity contribution >= 4 is 35.0 Å². The van der Waals surface area contributed by atoms with E-state index in [0.29, 0.717) is 0 Å². The number of allylic oxidation sites excluding steroid dienone is 1. The largest absolute Gasteiger partial charge is 0.359 e. The lowest BCUT2D eigenvalue weighted by atomic mass is 9.92. The molecule has 0 bridgehead atoms. The molecule has 0 saturated carbocycles. The lowest BCUT2D eigenvalue weighted by Gasteiger charge is -2.39. The monoisotopic (exact) mass is 441 g/mol. The first-order valence-electron chi connectivity index (χ1n) is 8.04. The average molecular weight is 442 g/mol. The molecule has 28 heavy (non-hydrogen) atoms. The molecule has 2 aromatic carbocycles. The number of nitrogens with one attached hydrogen (secondary N) is 1. The van der Waals surface area contributed by atoms with E-state index in [1.54, 1.807) is 30.3 Å². The van der Waals surface area contributed by atoms with Crippen LogP contribution in [0.4, 0.5) is 0 Å². The molecule has 3 rings (SSSR count). The summed E-state index contributed by atoms with van der Waals surface area (Å²) in [5.74, 6) is -0.523. The maximum absolute atomic E-state index is 13.6. The molecule has 0 radical (unpaired) electrons. The number of carbonyl (C=O) groups is 1. The van der Waals surface area contributed by atoms with Crippen LogP contribution >= 0.6 is 19.2 Å². The third-order valence-electron chi connectivity index (χ3n) is 4.39. The number of hydrogen-bond donors (Lipinski definition) is 1. The molecule has 0 saturated heterocycles. The zero-order chi connectivity index (χ0) is 20.6. The van der Waals surface area contributed by atoms with Gasteiger partial charge in [-0.2, -0.15) is 4.72 Å². The fraction of sp³-hybridized carbons (Fsp3) is 0.167. The van der Waals surface area contributed by atoms with E-state index in [4.69, 9.17) is 20.6 Å². The van der Waals surface area contributed by atoms with Gasteiger partial charge in [0.2, 0.25) is 15.8 Å². The van der Waals surface area contributed by atoms with Crippen molar-refractivity contribution in [2.24, 2.45) is 0 Å². The Morgan fingerprint density at radius 2 is 1.57 bits per heavy atom. The van der Waals surface area contributed by atoms with Gasteiger partial charge in [-0.15, -0.1) is 0 Å². The summed E-state index contributed by atoms with van der Waals surface area (Å²) < 4.78 is 52.4. The van der Waals surface area contributed by atoms with Crippen LogP contribution in [0.3, 0.4) is 0 Å². The summed E-state index contributed by atoms with van der Waals surface area (Å²) >= 11 is 6.12. The highest BCUT2D eigenvalue weighted by atomic mass is 35.5. The maximum atomic E-state index is 13.6. The number of fused-ring (bicyclic) bond motifs is 1. The van der Waals surface area contributed by atoms with Crippen LogP contribution in [-0.4, -0.2) is 28.4 Å². The Morgan fingerprint density at radius 1 is 1.00 bits per heavy atom. The Hall–Kier alpha value is -1.80. The van der Waals surface area contributed by atoms with Gasteiger partial charge in [0.15, 0.2) is 5.28 Å². The number of carbonyl (C=O) groups excluding carboxylic acids is 1. The standard InChI is InChI=1S/C18H17ClNO6PS/c1-25-27(22,26-2)18(20-28(23,24)13-8-4-3-5-9-13)12-16(19)17(21)14-10-6-7-11-15(14)18/h3-12,20H,1-2H3/t18-/m1/s1. The van der Waals surface area contributed by atoms with E-state index in [0.717, 1.165) is 20.3 Å². The lowest BCUT2D eigenvalue weighted by molar-refractivity contribution is 0.103. The highest BCUT2D eigenvalue weighted by Crippen LogP contribution is 2.65. The van der Waals surface area contributed by atoms with E-state index in [9.17, 15) is 17.8 Å². The molecule has 0 heterocycles. The van der Waals surface area contributed by atoms with Gasteiger partial charge in [0.1, 0.15) is 0 Å². The van der Waals surface area contributed by atoms with Gasteiger partial charge in [-0.25, -0.2) is 8.42 Å². The minimum atomic E-state index is -4.20. The molecule has 1 aliphatic rings. The van der Waals surface area contributed by atoms with Crippen molar-refractivity contribution in [3.8, 4) is 0 Å². The van der Waals surface area contributed by atoms with E-state index in [-0.39, 0.29) is 21.1 Å². The number of hydrogen-bond acceptors (Lipinski definition) is 6. The molecule has 1 aliphatic carbocycles. The number of Topliss-reactive ketones (excluding diaryl/α,β-unsaturated/α-hetero) is 1. The summed E-state index contributed by atoms with van der Waals surface area (Å²) in [7, 11) is -6.15. The van der Waals surface area contributed by atoms with Gasteiger partial charge < -0.3 is 9.05 Å². The van der Waals surface area contributed by atoms with Gasteiger partial charge in [0.05, 0.1) is 9.93 Å². The van der Waals surface area contributed by atoms with Crippen LogP contribution in [-0.2, 0) is 28.9 Å². The minimum Gasteiger partial charge on any atom is -0.310 e. The SMILES string of the molecule is COP(=O)(OC)[C@]1(NS(=O)(=O)c2ccccc2)C=C(Cl)C(=O)c2ccccc21. The third-order valence-corrected chi connectivity index (χ3v) is 8.61. The van der Waals surface area contributed by atoms with Crippen LogP contribution in [0.1, 0.15) is 15.9 Å². The van der Waals surface area contributed by atoms with Crippen LogP contribution in [0.15, 0.2) is 70.6 Å². The fourth-order valence-electron chi connectivity index (χ4n) is 3.06. The Morgan fingerprint density at radius 3 is 2.18 bits per heavy atom. The van der Waals surface area contributed by atoms with Crippen LogP contribution in [0.2, 0.25) is 0 Å². The summed E-state index contributed by atoms with van der Waals surface area (Å²) in [6.45, 7) is 0. The molecule has 0 spiro atoms. The zero-order valence-electron chi connectivity index (χ0n) is 15.0. The summed E-state index contributed by atoms with van der Waals surface area (Å²) in [4.78, 5) is 12.4. The van der Waals surface area contributed by atoms with E-state index in [1.165, 1.54) is 24.3 Å². The van der Waals surface area contributed by atoms with Crippen LogP contribution < -0.4 is 4.72 Å². The summed E-state index contributed by atoms with van der Waals surface area (Å²) in [5.41, 5.74) is 0.219. The second-order valence-corrected chi connectivity index (χ2v) is 10.4. The Bertz CT molecular complexity index is 1090. The first-order chi connectivity index (χ1) is 13.2. The topological polar surface area (TPSA) is 98.8 Å². The Labute approximate surface area is 167 Å². The molecule has 0 fully saturated rings. The molecule has 2 aromatic rings. The number of rotatable bonds is 6. The molecule has 7 nitrogen and oxygen atoms in total. The fourth-order valence-corrected chi connectivity index (χ4v) is 6.93. The molecular weight excluding hydrogens is 425 g/mol. The second kappa shape index (κ2) is 7.55. The molecule has 148 valence electrons. The average Bonchev–Trinajstić information content (AvgIpc) is 2.71. The van der Waals surface area contributed by atoms with Gasteiger partial charge in [0.25, 0.3) is 0 Å². The summed E-state index contributed by atoms with van der Waals surface area (Å²) in [6, 6.07) is 13.6. The van der Waals surface area contributed by atoms with E-state index < -0.39 is 28.7 Å². The molecule has 0 amide bonds. The van der Waals surface area contributed by atoms with Crippen LogP contribution in [0.25, 0.3) is 0 Å². The van der Waals surface area contributed by atoms with Gasteiger partial charge in [-0.1, -0.05) is 54.1 Å². The van der Waals surface area contributed by atoms with Crippen molar-refractivity contribution in [1.29, 1.82) is 0 Å². The van der Waals surface area contributed by atoms with E-state index in [1.807, 2.05) is 0 Å². The molecule has 1 N–H and O–H groups in total. The normalized spacial score (nSPS) is 19.8. The van der Waals surface area contributed by atoms with Crippen molar-refractivity contribution in [2.75, 3.05) is 14.2 Å². The molecule has 10 heteroatoms. The Balaban J connectivity index is 2.33. The van der Waals surface area contributed by atoms with Crippen LogP contribution in [0, 0.1) is 0 Å². The van der Waals surface area contributed by atoms with Gasteiger partial charge >= 0.3 is 7.60 Å². The van der Waals surface area contributed by atoms with Crippen molar-refractivity contribution in [3.63, 3.8) is 0 Å². The predicted octanol–water partition coefficient (Wildman–Crippen LogP) is 3.62. The molecule has 1 atom stereocenters. The van der Waals surface area contributed by atoms with Gasteiger partial charge in [-0.05, 0) is 18.2 Å². The smallest absolute Gasteiger partial charge is 0.310 e. The van der Waals surface area contributed by atoms with E-state index >= 15 is 0 Å². The third kappa shape index (κ3) is 3.26. The Kier molecular flexibility index (Phi) is 5.64. The van der Waals surface area contributed by atoms with Crippen molar-refractivity contribution in [3.05, 3.63) is 76.8 Å². The minimum absolute atomic E-state index is 0.0629. The first-order valence-corrected chi connectivity index (χ1v) is 11.4. The van der Waals surface area contributed by atoms with Gasteiger partial charge in [0, 0.05) is 25.3 Å². The first kappa shape index (κ1) is 20.9. The quantitative estimate of drug-likeness (QED) is 0.687. The van der Waals surface area contributed by atoms with Crippen molar-refractivity contribution in [2.45, 2.75) is 10.2 Å². The zero-order valence-corrected chi connectivity index (χ0v) is 17.4. The van der Waals surface area contributed by atoms with Crippen molar-refractivity contribution in [1.82, 2.24) is 4.72 Å². The van der Waals surface area contributed by atoms with Crippen LogP contribution in [0.5, 0.6) is 0 Å². The van der Waals surface area contributed by atoms with Gasteiger partial charge in [-0.3, -0.25) is 9.36 Å². The summed E-state index contributed by atoms with van der Waals surface area (Å²) in [6.07, 6.45) is 1.08. The maximum Gasteiger partial charge on any atom is 0.359 e. The number of halogens is 1. The molecule has 0 unspecified atom stereocenters. The van der Waals surface area contributed by atoms with E-state index in [2.05, 4.69) is 4.72 Å². The summed E-state index contributed by atoms with van der Waals surface area (Å²) in [5, 5.41) is -2.34.